The van der Waals surface area contributed by atoms with Crippen molar-refractivity contribution in [1.29, 1.82) is 0 Å². The summed E-state index contributed by atoms with van der Waals surface area (Å²) in [6.45, 7) is 4.20. The number of benzene rings is 1. The van der Waals surface area contributed by atoms with E-state index in [9.17, 15) is 4.79 Å². The van der Waals surface area contributed by atoms with Gasteiger partial charge in [-0.2, -0.15) is 0 Å². The number of hydrogen-bond donors (Lipinski definition) is 1. The van der Waals surface area contributed by atoms with Crippen LogP contribution in [0.4, 0.5) is 0 Å². The van der Waals surface area contributed by atoms with E-state index in [1.54, 1.807) is 6.33 Å². The fourth-order valence-corrected chi connectivity index (χ4v) is 1.74. The van der Waals surface area contributed by atoms with E-state index in [0.717, 1.165) is 16.9 Å². The molecular formula is C14H16N2O2. The Bertz CT molecular complexity index is 541. The molecular weight excluding hydrogens is 228 g/mol. The number of carboxylic acid groups (broad SMARTS) is 1. The Morgan fingerprint density at radius 1 is 1.33 bits per heavy atom. The summed E-state index contributed by atoms with van der Waals surface area (Å²) in [6, 6.07) is 7.48. The minimum absolute atomic E-state index is 0.0570. The molecule has 0 aliphatic carbocycles. The van der Waals surface area contributed by atoms with E-state index in [0.29, 0.717) is 5.92 Å². The number of rotatable bonds is 4. The topological polar surface area (TPSA) is 55.1 Å². The van der Waals surface area contributed by atoms with Gasteiger partial charge >= 0.3 is 5.97 Å². The lowest BCUT2D eigenvalue weighted by Gasteiger charge is -2.03. The molecule has 1 N–H and O–H groups in total. The first kappa shape index (κ1) is 12.4. The monoisotopic (exact) mass is 244 g/mol. The van der Waals surface area contributed by atoms with Gasteiger partial charge in [0.05, 0.1) is 18.4 Å². The van der Waals surface area contributed by atoms with Crippen LogP contribution in [0.3, 0.4) is 0 Å². The van der Waals surface area contributed by atoms with Crippen LogP contribution in [0.25, 0.3) is 5.69 Å². The molecule has 0 radical (unpaired) electrons. The zero-order valence-corrected chi connectivity index (χ0v) is 10.5. The molecule has 1 aromatic heterocycles. The van der Waals surface area contributed by atoms with E-state index in [2.05, 4.69) is 18.8 Å². The SMILES string of the molecule is CC(C)c1cn(-c2ccc(CC(=O)O)cc2)cn1. The average Bonchev–Trinajstić information content (AvgIpc) is 2.78. The first-order chi connectivity index (χ1) is 8.56. The highest BCUT2D eigenvalue weighted by molar-refractivity contribution is 5.70. The van der Waals surface area contributed by atoms with Gasteiger partial charge in [-0.1, -0.05) is 26.0 Å². The molecule has 18 heavy (non-hydrogen) atoms. The summed E-state index contributed by atoms with van der Waals surface area (Å²) in [5.41, 5.74) is 2.84. The Hall–Kier alpha value is -2.10. The summed E-state index contributed by atoms with van der Waals surface area (Å²) in [5, 5.41) is 8.70. The second-order valence-corrected chi connectivity index (χ2v) is 4.60. The lowest BCUT2D eigenvalue weighted by atomic mass is 10.1. The number of carboxylic acids is 1. The third-order valence-corrected chi connectivity index (χ3v) is 2.78. The number of hydrogen-bond acceptors (Lipinski definition) is 2. The number of aromatic nitrogens is 2. The van der Waals surface area contributed by atoms with E-state index in [1.165, 1.54) is 0 Å². The minimum atomic E-state index is -0.813. The standard InChI is InChI=1S/C14H16N2O2/c1-10(2)13-8-16(9-15-13)12-5-3-11(4-6-12)7-14(17)18/h3-6,8-10H,7H2,1-2H3,(H,17,18). The molecule has 2 aromatic rings. The predicted octanol–water partition coefficient (Wildman–Crippen LogP) is 2.62. The first-order valence-electron chi connectivity index (χ1n) is 5.91. The minimum Gasteiger partial charge on any atom is -0.481 e. The molecule has 2 rings (SSSR count). The number of imidazole rings is 1. The van der Waals surface area contributed by atoms with Crippen molar-refractivity contribution in [2.75, 3.05) is 0 Å². The lowest BCUT2D eigenvalue weighted by Crippen LogP contribution is -2.00. The van der Waals surface area contributed by atoms with Crippen molar-refractivity contribution in [2.24, 2.45) is 0 Å². The highest BCUT2D eigenvalue weighted by Crippen LogP contribution is 2.15. The summed E-state index contributed by atoms with van der Waals surface area (Å²) in [4.78, 5) is 14.9. The number of nitrogens with zero attached hydrogens (tertiary/aromatic N) is 2. The molecule has 0 spiro atoms. The highest BCUT2D eigenvalue weighted by atomic mass is 16.4. The molecule has 0 aliphatic heterocycles. The van der Waals surface area contributed by atoms with Gasteiger partial charge in [-0.25, -0.2) is 4.98 Å². The van der Waals surface area contributed by atoms with E-state index >= 15 is 0 Å². The second-order valence-electron chi connectivity index (χ2n) is 4.60. The molecule has 0 aliphatic rings. The van der Waals surface area contributed by atoms with Crippen LogP contribution in [0.2, 0.25) is 0 Å². The maximum atomic E-state index is 10.6. The third-order valence-electron chi connectivity index (χ3n) is 2.78. The number of carbonyl (C=O) groups is 1. The van der Waals surface area contributed by atoms with Crippen LogP contribution in [0.5, 0.6) is 0 Å². The average molecular weight is 244 g/mol. The van der Waals surface area contributed by atoms with Crippen LogP contribution in [-0.2, 0) is 11.2 Å². The zero-order chi connectivity index (χ0) is 13.1. The maximum absolute atomic E-state index is 10.6. The second kappa shape index (κ2) is 5.04. The van der Waals surface area contributed by atoms with Crippen LogP contribution in [-0.4, -0.2) is 20.6 Å². The molecule has 94 valence electrons. The Balaban J connectivity index is 2.20. The summed E-state index contributed by atoms with van der Waals surface area (Å²) in [7, 11) is 0. The first-order valence-corrected chi connectivity index (χ1v) is 5.91. The highest BCUT2D eigenvalue weighted by Gasteiger charge is 2.05. The van der Waals surface area contributed by atoms with Crippen LogP contribution in [0, 0.1) is 0 Å². The molecule has 0 fully saturated rings. The molecule has 1 heterocycles. The van der Waals surface area contributed by atoms with Gasteiger partial charge in [-0.3, -0.25) is 4.79 Å². The lowest BCUT2D eigenvalue weighted by molar-refractivity contribution is -0.136. The van der Waals surface area contributed by atoms with Crippen LogP contribution in [0.15, 0.2) is 36.8 Å². The predicted molar refractivity (Wildman–Crippen MR) is 69.0 cm³/mol. The molecule has 0 bridgehead atoms. The molecule has 0 saturated heterocycles. The van der Waals surface area contributed by atoms with Gasteiger partial charge < -0.3 is 9.67 Å². The van der Waals surface area contributed by atoms with Gasteiger partial charge in [0.2, 0.25) is 0 Å². The van der Waals surface area contributed by atoms with Gasteiger partial charge in [-0.15, -0.1) is 0 Å². The maximum Gasteiger partial charge on any atom is 0.307 e. The van der Waals surface area contributed by atoms with Crippen LogP contribution < -0.4 is 0 Å². The zero-order valence-electron chi connectivity index (χ0n) is 10.5. The quantitative estimate of drug-likeness (QED) is 0.899. The Morgan fingerprint density at radius 3 is 2.50 bits per heavy atom. The van der Waals surface area contributed by atoms with E-state index in [4.69, 9.17) is 5.11 Å². The Labute approximate surface area is 106 Å². The van der Waals surface area contributed by atoms with Gasteiger partial charge in [0, 0.05) is 11.9 Å². The fraction of sp³-hybridized carbons (Fsp3) is 0.286. The summed E-state index contributed by atoms with van der Waals surface area (Å²) in [6.07, 6.45) is 3.83. The van der Waals surface area contributed by atoms with Crippen LogP contribution >= 0.6 is 0 Å². The molecule has 1 aromatic carbocycles. The van der Waals surface area contributed by atoms with Crippen molar-refractivity contribution < 1.29 is 9.90 Å². The summed E-state index contributed by atoms with van der Waals surface area (Å²) >= 11 is 0. The molecule has 0 saturated carbocycles. The smallest absolute Gasteiger partial charge is 0.307 e. The molecule has 0 amide bonds. The van der Waals surface area contributed by atoms with E-state index < -0.39 is 5.97 Å². The molecule has 4 nitrogen and oxygen atoms in total. The van der Waals surface area contributed by atoms with Crippen molar-refractivity contribution in [2.45, 2.75) is 26.2 Å². The summed E-state index contributed by atoms with van der Waals surface area (Å²) in [5.74, 6) is -0.412. The van der Waals surface area contributed by atoms with Crippen molar-refractivity contribution in [3.63, 3.8) is 0 Å². The van der Waals surface area contributed by atoms with Gasteiger partial charge in [-0.05, 0) is 23.6 Å². The normalized spacial score (nSPS) is 10.8. The largest absolute Gasteiger partial charge is 0.481 e. The van der Waals surface area contributed by atoms with E-state index in [-0.39, 0.29) is 6.42 Å². The van der Waals surface area contributed by atoms with Crippen molar-refractivity contribution in [3.8, 4) is 5.69 Å². The Kier molecular flexibility index (Phi) is 3.46. The van der Waals surface area contributed by atoms with E-state index in [1.807, 2.05) is 35.0 Å². The van der Waals surface area contributed by atoms with Crippen molar-refractivity contribution in [3.05, 3.63) is 48.0 Å². The van der Waals surface area contributed by atoms with Crippen LogP contribution in [0.1, 0.15) is 31.0 Å². The number of aliphatic carboxylic acids is 1. The van der Waals surface area contributed by atoms with Crippen molar-refractivity contribution in [1.82, 2.24) is 9.55 Å². The van der Waals surface area contributed by atoms with Gasteiger partial charge in [0.1, 0.15) is 0 Å². The fourth-order valence-electron chi connectivity index (χ4n) is 1.74. The third kappa shape index (κ3) is 2.77. The molecule has 0 unspecified atom stereocenters. The van der Waals surface area contributed by atoms with Gasteiger partial charge in [0.25, 0.3) is 0 Å². The molecule has 4 heteroatoms. The van der Waals surface area contributed by atoms with Gasteiger partial charge in [0.15, 0.2) is 0 Å². The summed E-state index contributed by atoms with van der Waals surface area (Å²) < 4.78 is 1.94. The molecule has 0 atom stereocenters. The van der Waals surface area contributed by atoms with Crippen molar-refractivity contribution >= 4 is 5.97 Å². The Morgan fingerprint density at radius 2 is 2.00 bits per heavy atom.